The van der Waals surface area contributed by atoms with E-state index in [1.165, 1.54) is 12.8 Å². The number of carbonyl (C=O) groups excluding carboxylic acids is 1. The summed E-state index contributed by atoms with van der Waals surface area (Å²) in [5, 5.41) is 3.61. The average Bonchev–Trinajstić information content (AvgIpc) is 2.66. The third-order valence-corrected chi connectivity index (χ3v) is 4.18. The summed E-state index contributed by atoms with van der Waals surface area (Å²) in [6, 6.07) is 1.68. The Kier molecular flexibility index (Phi) is 5.89. The minimum atomic E-state index is -0.0301. The molecule has 5 heteroatoms. The molecule has 2 aliphatic heterocycles. The summed E-state index contributed by atoms with van der Waals surface area (Å²) in [4.78, 5) is 14.1. The van der Waals surface area contributed by atoms with E-state index in [0.717, 1.165) is 12.8 Å². The van der Waals surface area contributed by atoms with E-state index >= 15 is 0 Å². The van der Waals surface area contributed by atoms with Gasteiger partial charge in [-0.3, -0.25) is 4.79 Å². The molecule has 2 heterocycles. The van der Waals surface area contributed by atoms with Gasteiger partial charge in [-0.2, -0.15) is 0 Å². The number of nitrogens with one attached hydrogen (secondary N) is 1. The molecule has 2 fully saturated rings. The number of hydrogen-bond acceptors (Lipinski definition) is 3. The smallest absolute Gasteiger partial charge is 0.227 e. The van der Waals surface area contributed by atoms with Crippen LogP contribution in [0.25, 0.3) is 0 Å². The summed E-state index contributed by atoms with van der Waals surface area (Å²) in [7, 11) is 3.60. The van der Waals surface area contributed by atoms with Crippen molar-refractivity contribution in [1.82, 2.24) is 10.2 Å². The molecule has 106 valence electrons. The maximum absolute atomic E-state index is 12.2. The van der Waals surface area contributed by atoms with Crippen LogP contribution >= 0.6 is 12.4 Å². The monoisotopic (exact) mass is 276 g/mol. The van der Waals surface area contributed by atoms with Gasteiger partial charge in [0.25, 0.3) is 0 Å². The Morgan fingerprint density at radius 3 is 2.44 bits per heavy atom. The Morgan fingerprint density at radius 2 is 1.94 bits per heavy atom. The molecule has 18 heavy (non-hydrogen) atoms. The van der Waals surface area contributed by atoms with E-state index in [4.69, 9.17) is 4.74 Å². The molecule has 0 radical (unpaired) electrons. The van der Waals surface area contributed by atoms with Gasteiger partial charge >= 0.3 is 0 Å². The molecule has 0 saturated carbocycles. The Balaban J connectivity index is 0.00000162. The highest BCUT2D eigenvalue weighted by atomic mass is 35.5. The number of carbonyl (C=O) groups is 1. The molecule has 2 rings (SSSR count). The fourth-order valence-electron chi connectivity index (χ4n) is 3.19. The molecule has 1 N–H and O–H groups in total. The van der Waals surface area contributed by atoms with Crippen LogP contribution in [0.5, 0.6) is 0 Å². The quantitative estimate of drug-likeness (QED) is 0.845. The first-order chi connectivity index (χ1) is 8.11. The van der Waals surface area contributed by atoms with Gasteiger partial charge in [-0.1, -0.05) is 6.92 Å². The number of amides is 1. The number of nitrogens with zero attached hydrogens (tertiary/aromatic N) is 1. The number of hydrogen-bond donors (Lipinski definition) is 1. The number of methoxy groups -OCH3 is 1. The van der Waals surface area contributed by atoms with Crippen molar-refractivity contribution < 1.29 is 9.53 Å². The molecule has 2 aliphatic rings. The fraction of sp³-hybridized carbons (Fsp3) is 0.923. The molecule has 0 aromatic rings. The van der Waals surface area contributed by atoms with Gasteiger partial charge in [0.1, 0.15) is 0 Å². The molecule has 3 unspecified atom stereocenters. The first kappa shape index (κ1) is 15.7. The van der Waals surface area contributed by atoms with Crippen LogP contribution in [0.2, 0.25) is 0 Å². The highest BCUT2D eigenvalue weighted by Crippen LogP contribution is 2.29. The number of ether oxygens (including phenoxy) is 1. The molecule has 3 atom stereocenters. The maximum atomic E-state index is 12.2. The minimum Gasteiger partial charge on any atom is -0.384 e. The van der Waals surface area contributed by atoms with E-state index in [2.05, 4.69) is 5.32 Å². The van der Waals surface area contributed by atoms with E-state index in [-0.39, 0.29) is 24.2 Å². The van der Waals surface area contributed by atoms with Gasteiger partial charge in [-0.25, -0.2) is 0 Å². The molecular formula is C13H25ClN2O2. The minimum absolute atomic E-state index is 0. The average molecular weight is 277 g/mol. The second-order valence-electron chi connectivity index (χ2n) is 5.57. The number of fused-ring (bicyclic) bond motifs is 2. The maximum Gasteiger partial charge on any atom is 0.227 e. The molecule has 4 nitrogen and oxygen atoms in total. The number of piperidine rings is 1. The first-order valence-electron chi connectivity index (χ1n) is 6.63. The lowest BCUT2D eigenvalue weighted by Crippen LogP contribution is -2.50. The van der Waals surface area contributed by atoms with Crippen LogP contribution in [0.3, 0.4) is 0 Å². The van der Waals surface area contributed by atoms with Crippen molar-refractivity contribution in [2.75, 3.05) is 20.8 Å². The van der Waals surface area contributed by atoms with Gasteiger partial charge in [0.2, 0.25) is 5.91 Å². The van der Waals surface area contributed by atoms with Crippen LogP contribution in [0.15, 0.2) is 0 Å². The van der Waals surface area contributed by atoms with Crippen molar-refractivity contribution in [1.29, 1.82) is 0 Å². The van der Waals surface area contributed by atoms with Crippen molar-refractivity contribution in [2.45, 2.75) is 50.7 Å². The summed E-state index contributed by atoms with van der Waals surface area (Å²) in [6.07, 6.45) is 4.77. The SMILES string of the molecule is COCC(C)C(=O)N(C)C1CC2CCC(C1)N2.Cl. The lowest BCUT2D eigenvalue weighted by Gasteiger charge is -2.36. The lowest BCUT2D eigenvalue weighted by molar-refractivity contribution is -0.138. The van der Waals surface area contributed by atoms with E-state index in [1.807, 2.05) is 18.9 Å². The standard InChI is InChI=1S/C13H24N2O2.ClH/c1-9(8-17-3)13(16)15(2)12-6-10-4-5-11(7-12)14-10;/h9-12,14H,4-8H2,1-3H3;1H. The second kappa shape index (κ2) is 6.73. The first-order valence-corrected chi connectivity index (χ1v) is 6.63. The Bertz CT molecular complexity index is 276. The number of halogens is 1. The fourth-order valence-corrected chi connectivity index (χ4v) is 3.19. The molecule has 0 aromatic heterocycles. The molecule has 0 aliphatic carbocycles. The van der Waals surface area contributed by atoms with Crippen LogP contribution in [0, 0.1) is 5.92 Å². The van der Waals surface area contributed by atoms with Gasteiger partial charge < -0.3 is 15.0 Å². The third-order valence-electron chi connectivity index (χ3n) is 4.18. The zero-order chi connectivity index (χ0) is 12.4. The van der Waals surface area contributed by atoms with Gasteiger partial charge in [-0.15, -0.1) is 12.4 Å². The zero-order valence-corrected chi connectivity index (χ0v) is 12.3. The molecule has 2 saturated heterocycles. The van der Waals surface area contributed by atoms with Crippen molar-refractivity contribution >= 4 is 18.3 Å². The van der Waals surface area contributed by atoms with E-state index in [1.54, 1.807) is 7.11 Å². The highest BCUT2D eigenvalue weighted by Gasteiger charge is 2.36. The van der Waals surface area contributed by atoms with Gasteiger partial charge in [0, 0.05) is 32.3 Å². The third kappa shape index (κ3) is 3.37. The van der Waals surface area contributed by atoms with Crippen LogP contribution in [-0.2, 0) is 9.53 Å². The van der Waals surface area contributed by atoms with Gasteiger partial charge in [0.05, 0.1) is 12.5 Å². The molecular weight excluding hydrogens is 252 g/mol. The molecule has 2 bridgehead atoms. The normalized spacial score (nSPS) is 31.6. The van der Waals surface area contributed by atoms with Crippen molar-refractivity contribution in [3.8, 4) is 0 Å². The second-order valence-corrected chi connectivity index (χ2v) is 5.57. The number of rotatable bonds is 4. The summed E-state index contributed by atoms with van der Waals surface area (Å²) in [6.45, 7) is 2.46. The van der Waals surface area contributed by atoms with E-state index < -0.39 is 0 Å². The Morgan fingerprint density at radius 1 is 1.39 bits per heavy atom. The van der Waals surface area contributed by atoms with Crippen LogP contribution in [0.1, 0.15) is 32.6 Å². The Labute approximate surface area is 116 Å². The summed E-state index contributed by atoms with van der Waals surface area (Å²) in [5.41, 5.74) is 0. The predicted molar refractivity (Wildman–Crippen MR) is 74.0 cm³/mol. The summed E-state index contributed by atoms with van der Waals surface area (Å²) in [5.74, 6) is 0.190. The molecule has 0 spiro atoms. The van der Waals surface area contributed by atoms with Gasteiger partial charge in [0.15, 0.2) is 0 Å². The summed E-state index contributed by atoms with van der Waals surface area (Å²) < 4.78 is 5.06. The van der Waals surface area contributed by atoms with Gasteiger partial charge in [-0.05, 0) is 25.7 Å². The molecule has 1 amide bonds. The topological polar surface area (TPSA) is 41.6 Å². The van der Waals surface area contributed by atoms with E-state index in [9.17, 15) is 4.79 Å². The van der Waals surface area contributed by atoms with Crippen molar-refractivity contribution in [2.24, 2.45) is 5.92 Å². The van der Waals surface area contributed by atoms with Crippen molar-refractivity contribution in [3.63, 3.8) is 0 Å². The Hall–Kier alpha value is -0.320. The van der Waals surface area contributed by atoms with Crippen LogP contribution in [-0.4, -0.2) is 49.7 Å². The zero-order valence-electron chi connectivity index (χ0n) is 11.5. The van der Waals surface area contributed by atoms with Crippen molar-refractivity contribution in [3.05, 3.63) is 0 Å². The van der Waals surface area contributed by atoms with E-state index in [0.29, 0.717) is 24.7 Å². The van der Waals surface area contributed by atoms with Crippen LogP contribution in [0.4, 0.5) is 0 Å². The largest absolute Gasteiger partial charge is 0.384 e. The summed E-state index contributed by atoms with van der Waals surface area (Å²) >= 11 is 0. The van der Waals surface area contributed by atoms with Crippen LogP contribution < -0.4 is 5.32 Å². The predicted octanol–water partition coefficient (Wildman–Crippen LogP) is 1.43. The lowest BCUT2D eigenvalue weighted by atomic mass is 9.97. The highest BCUT2D eigenvalue weighted by molar-refractivity contribution is 5.85. The molecule has 0 aromatic carbocycles.